The van der Waals surface area contributed by atoms with E-state index < -0.39 is 16.0 Å². The van der Waals surface area contributed by atoms with Crippen LogP contribution in [0.4, 0.5) is 0 Å². The summed E-state index contributed by atoms with van der Waals surface area (Å²) >= 11 is 0. The molecule has 8 heteroatoms. The van der Waals surface area contributed by atoms with Crippen molar-refractivity contribution in [1.29, 1.82) is 0 Å². The van der Waals surface area contributed by atoms with E-state index in [2.05, 4.69) is 5.10 Å². The van der Waals surface area contributed by atoms with Crippen LogP contribution in [0.3, 0.4) is 0 Å². The van der Waals surface area contributed by atoms with E-state index in [0.29, 0.717) is 18.7 Å². The zero-order valence-corrected chi connectivity index (χ0v) is 10.1. The third-order valence-corrected chi connectivity index (χ3v) is 4.72. The molecule has 1 aliphatic heterocycles. The molecule has 1 aromatic rings. The number of rotatable bonds is 3. The summed E-state index contributed by atoms with van der Waals surface area (Å²) in [6, 6.07) is 0. The summed E-state index contributed by atoms with van der Waals surface area (Å²) in [5.41, 5.74) is 0.456. The molecular formula is C9H13N3O4S. The Bertz CT molecular complexity index is 549. The standard InChI is InChI=1S/C9H13N3O4S/c1-11-8(7(5-10-11)9(13)14)6-12-3-2-4-17(12,15)16/h5H,2-4,6H2,1H3,(H,13,14). The van der Waals surface area contributed by atoms with Crippen molar-refractivity contribution in [2.45, 2.75) is 13.0 Å². The minimum atomic E-state index is -3.22. The number of hydrogen-bond donors (Lipinski definition) is 1. The van der Waals surface area contributed by atoms with Gasteiger partial charge in [0.05, 0.1) is 24.2 Å². The molecule has 0 spiro atoms. The topological polar surface area (TPSA) is 92.5 Å². The van der Waals surface area contributed by atoms with Crippen LogP contribution in [0.25, 0.3) is 0 Å². The van der Waals surface area contributed by atoms with Gasteiger partial charge in [0.1, 0.15) is 5.56 Å². The normalized spacial score (nSPS) is 19.6. The van der Waals surface area contributed by atoms with Gasteiger partial charge < -0.3 is 5.11 Å². The van der Waals surface area contributed by atoms with Crippen LogP contribution in [0.2, 0.25) is 0 Å². The molecule has 0 unspecified atom stereocenters. The highest BCUT2D eigenvalue weighted by atomic mass is 32.2. The Morgan fingerprint density at radius 2 is 2.29 bits per heavy atom. The van der Waals surface area contributed by atoms with E-state index in [4.69, 9.17) is 5.11 Å². The monoisotopic (exact) mass is 259 g/mol. The van der Waals surface area contributed by atoms with Gasteiger partial charge in [-0.25, -0.2) is 13.2 Å². The van der Waals surface area contributed by atoms with E-state index in [1.807, 2.05) is 0 Å². The molecule has 7 nitrogen and oxygen atoms in total. The highest BCUT2D eigenvalue weighted by Crippen LogP contribution is 2.19. The zero-order chi connectivity index (χ0) is 12.6. The molecule has 1 aromatic heterocycles. The fraction of sp³-hybridized carbons (Fsp3) is 0.556. The molecule has 17 heavy (non-hydrogen) atoms. The minimum absolute atomic E-state index is 0.0506. The summed E-state index contributed by atoms with van der Waals surface area (Å²) < 4.78 is 26.0. The number of carboxylic acid groups (broad SMARTS) is 1. The van der Waals surface area contributed by atoms with Crippen molar-refractivity contribution < 1.29 is 18.3 Å². The number of aryl methyl sites for hydroxylation is 1. The molecule has 0 saturated carbocycles. The lowest BCUT2D eigenvalue weighted by Crippen LogP contribution is -2.27. The second kappa shape index (κ2) is 4.11. The smallest absolute Gasteiger partial charge is 0.339 e. The van der Waals surface area contributed by atoms with Gasteiger partial charge in [-0.05, 0) is 6.42 Å². The van der Waals surface area contributed by atoms with Crippen molar-refractivity contribution in [1.82, 2.24) is 14.1 Å². The van der Waals surface area contributed by atoms with Crippen molar-refractivity contribution in [2.24, 2.45) is 7.05 Å². The van der Waals surface area contributed by atoms with Gasteiger partial charge in [-0.2, -0.15) is 9.40 Å². The van der Waals surface area contributed by atoms with Gasteiger partial charge in [0, 0.05) is 13.6 Å². The van der Waals surface area contributed by atoms with E-state index in [9.17, 15) is 13.2 Å². The van der Waals surface area contributed by atoms with Crippen LogP contribution in [-0.4, -0.2) is 45.9 Å². The molecular weight excluding hydrogens is 246 g/mol. The van der Waals surface area contributed by atoms with Gasteiger partial charge in [0.2, 0.25) is 10.0 Å². The van der Waals surface area contributed by atoms with Gasteiger partial charge in [-0.15, -0.1) is 0 Å². The van der Waals surface area contributed by atoms with Crippen molar-refractivity contribution in [3.8, 4) is 0 Å². The maximum absolute atomic E-state index is 11.6. The number of carbonyl (C=O) groups is 1. The number of carboxylic acids is 1. The average Bonchev–Trinajstić information content (AvgIpc) is 2.73. The van der Waals surface area contributed by atoms with Crippen molar-refractivity contribution in [3.05, 3.63) is 17.5 Å². The SMILES string of the molecule is Cn1ncc(C(=O)O)c1CN1CCCS1(=O)=O. The van der Waals surface area contributed by atoms with Crippen LogP contribution in [-0.2, 0) is 23.6 Å². The molecule has 2 rings (SSSR count). The Kier molecular flexibility index (Phi) is 2.92. The summed E-state index contributed by atoms with van der Waals surface area (Å²) in [6.07, 6.45) is 1.82. The van der Waals surface area contributed by atoms with Crippen LogP contribution in [0, 0.1) is 0 Å². The maximum atomic E-state index is 11.6. The second-order valence-corrected chi connectivity index (χ2v) is 6.03. The molecule has 0 atom stereocenters. The molecule has 1 N–H and O–H groups in total. The third kappa shape index (κ3) is 2.18. The first-order chi connectivity index (χ1) is 7.92. The lowest BCUT2D eigenvalue weighted by molar-refractivity contribution is 0.0695. The molecule has 0 aliphatic carbocycles. The minimum Gasteiger partial charge on any atom is -0.478 e. The highest BCUT2D eigenvalue weighted by molar-refractivity contribution is 7.89. The summed E-state index contributed by atoms with van der Waals surface area (Å²) in [4.78, 5) is 10.9. The lowest BCUT2D eigenvalue weighted by atomic mass is 10.2. The summed E-state index contributed by atoms with van der Waals surface area (Å²) in [7, 11) is -1.62. The number of aromatic carboxylic acids is 1. The number of nitrogens with zero attached hydrogens (tertiary/aromatic N) is 3. The third-order valence-electron chi connectivity index (χ3n) is 2.82. The molecule has 0 bridgehead atoms. The number of aromatic nitrogens is 2. The lowest BCUT2D eigenvalue weighted by Gasteiger charge is -2.14. The Labute approximate surface area is 98.7 Å². The molecule has 0 aromatic carbocycles. The van der Waals surface area contributed by atoms with E-state index in [-0.39, 0.29) is 17.9 Å². The van der Waals surface area contributed by atoms with Crippen LogP contribution < -0.4 is 0 Å². The largest absolute Gasteiger partial charge is 0.478 e. The number of hydrogen-bond acceptors (Lipinski definition) is 4. The van der Waals surface area contributed by atoms with Crippen LogP contribution >= 0.6 is 0 Å². The predicted molar refractivity (Wildman–Crippen MR) is 59.0 cm³/mol. The Balaban J connectivity index is 2.30. The van der Waals surface area contributed by atoms with Crippen molar-refractivity contribution in [2.75, 3.05) is 12.3 Å². The van der Waals surface area contributed by atoms with Gasteiger partial charge in [0.15, 0.2) is 0 Å². The molecule has 1 saturated heterocycles. The van der Waals surface area contributed by atoms with Gasteiger partial charge in [-0.1, -0.05) is 0 Å². The first kappa shape index (κ1) is 12.1. The highest BCUT2D eigenvalue weighted by Gasteiger charge is 2.30. The molecule has 94 valence electrons. The quantitative estimate of drug-likeness (QED) is 0.801. The maximum Gasteiger partial charge on any atom is 0.339 e. The van der Waals surface area contributed by atoms with E-state index >= 15 is 0 Å². The van der Waals surface area contributed by atoms with E-state index in [1.165, 1.54) is 15.2 Å². The van der Waals surface area contributed by atoms with E-state index in [0.717, 1.165) is 0 Å². The van der Waals surface area contributed by atoms with Crippen LogP contribution in [0.15, 0.2) is 6.20 Å². The van der Waals surface area contributed by atoms with Crippen molar-refractivity contribution >= 4 is 16.0 Å². The van der Waals surface area contributed by atoms with Gasteiger partial charge >= 0.3 is 5.97 Å². The van der Waals surface area contributed by atoms with Crippen molar-refractivity contribution in [3.63, 3.8) is 0 Å². The average molecular weight is 259 g/mol. The van der Waals surface area contributed by atoms with Gasteiger partial charge in [0.25, 0.3) is 0 Å². The predicted octanol–water partition coefficient (Wildman–Crippen LogP) is -0.346. The van der Waals surface area contributed by atoms with Crippen LogP contribution in [0.5, 0.6) is 0 Å². The molecule has 1 fully saturated rings. The molecule has 0 amide bonds. The first-order valence-electron chi connectivity index (χ1n) is 5.14. The van der Waals surface area contributed by atoms with Gasteiger partial charge in [-0.3, -0.25) is 4.68 Å². The summed E-state index contributed by atoms with van der Waals surface area (Å²) in [6.45, 7) is 0.507. The Morgan fingerprint density at radius 1 is 1.59 bits per heavy atom. The fourth-order valence-corrected chi connectivity index (χ4v) is 3.34. The molecule has 1 aliphatic rings. The Hall–Kier alpha value is -1.41. The summed E-state index contributed by atoms with van der Waals surface area (Å²) in [5.74, 6) is -0.961. The Morgan fingerprint density at radius 3 is 2.82 bits per heavy atom. The van der Waals surface area contributed by atoms with E-state index in [1.54, 1.807) is 7.05 Å². The second-order valence-electron chi connectivity index (χ2n) is 3.94. The zero-order valence-electron chi connectivity index (χ0n) is 9.33. The molecule has 0 radical (unpaired) electrons. The first-order valence-corrected chi connectivity index (χ1v) is 6.75. The number of sulfonamides is 1. The summed E-state index contributed by atoms with van der Waals surface area (Å²) in [5, 5.41) is 12.8. The van der Waals surface area contributed by atoms with Crippen LogP contribution in [0.1, 0.15) is 22.5 Å². The fourth-order valence-electron chi connectivity index (χ4n) is 1.86. The molecule has 2 heterocycles.